The van der Waals surface area contributed by atoms with E-state index in [4.69, 9.17) is 17.3 Å². The van der Waals surface area contributed by atoms with E-state index in [9.17, 15) is 4.39 Å². The Balaban J connectivity index is 2.30. The van der Waals surface area contributed by atoms with Crippen LogP contribution in [0.15, 0.2) is 46.9 Å². The highest BCUT2D eigenvalue weighted by atomic mass is 79.9. The van der Waals surface area contributed by atoms with E-state index in [2.05, 4.69) is 21.2 Å². The van der Waals surface area contributed by atoms with E-state index in [1.165, 1.54) is 12.1 Å². The zero-order valence-electron chi connectivity index (χ0n) is 10.0. The first-order chi connectivity index (χ1) is 9.11. The van der Waals surface area contributed by atoms with E-state index >= 15 is 0 Å². The lowest BCUT2D eigenvalue weighted by molar-refractivity contribution is 0.593. The smallest absolute Gasteiger partial charge is 0.128 e. The number of halogens is 3. The zero-order chi connectivity index (χ0) is 13.8. The van der Waals surface area contributed by atoms with E-state index in [1.54, 1.807) is 6.07 Å². The normalized spacial score (nSPS) is 12.2. The average molecular weight is 344 g/mol. The molecule has 0 fully saturated rings. The van der Waals surface area contributed by atoms with Gasteiger partial charge in [-0.2, -0.15) is 0 Å². The van der Waals surface area contributed by atoms with Gasteiger partial charge in [-0.1, -0.05) is 23.7 Å². The van der Waals surface area contributed by atoms with Crippen LogP contribution in [-0.4, -0.2) is 6.54 Å². The summed E-state index contributed by atoms with van der Waals surface area (Å²) in [6.07, 6.45) is 0. The Labute approximate surface area is 124 Å². The van der Waals surface area contributed by atoms with Gasteiger partial charge in [0.05, 0.1) is 6.04 Å². The summed E-state index contributed by atoms with van der Waals surface area (Å²) < 4.78 is 14.7. The SMILES string of the molecule is NCC(Nc1ccccc1Br)c1cc(Cl)ccc1F. The van der Waals surface area contributed by atoms with Gasteiger partial charge in [0.2, 0.25) is 0 Å². The molecule has 1 atom stereocenters. The van der Waals surface area contributed by atoms with Crippen molar-refractivity contribution in [1.82, 2.24) is 0 Å². The third-order valence-electron chi connectivity index (χ3n) is 2.77. The predicted octanol–water partition coefficient (Wildman–Crippen LogP) is 4.35. The van der Waals surface area contributed by atoms with Crippen molar-refractivity contribution < 1.29 is 4.39 Å². The molecule has 100 valence electrons. The molecule has 0 aromatic heterocycles. The number of hydrogen-bond donors (Lipinski definition) is 2. The summed E-state index contributed by atoms with van der Waals surface area (Å²) in [4.78, 5) is 0. The number of hydrogen-bond acceptors (Lipinski definition) is 2. The predicted molar refractivity (Wildman–Crippen MR) is 81.0 cm³/mol. The molecular weight excluding hydrogens is 331 g/mol. The molecule has 0 aliphatic rings. The van der Waals surface area contributed by atoms with Gasteiger partial charge < -0.3 is 11.1 Å². The van der Waals surface area contributed by atoms with Gasteiger partial charge in [-0.05, 0) is 46.3 Å². The maximum atomic E-state index is 13.8. The van der Waals surface area contributed by atoms with Crippen molar-refractivity contribution in [3.05, 3.63) is 63.3 Å². The Morgan fingerprint density at radius 1 is 1.26 bits per heavy atom. The topological polar surface area (TPSA) is 38.0 Å². The summed E-state index contributed by atoms with van der Waals surface area (Å²) in [5, 5.41) is 3.70. The second-order valence-corrected chi connectivity index (χ2v) is 5.37. The third-order valence-corrected chi connectivity index (χ3v) is 3.70. The fraction of sp³-hybridized carbons (Fsp3) is 0.143. The first-order valence-corrected chi connectivity index (χ1v) is 6.95. The summed E-state index contributed by atoms with van der Waals surface area (Å²) in [5.74, 6) is -0.320. The Bertz CT molecular complexity index is 577. The van der Waals surface area contributed by atoms with Gasteiger partial charge in [-0.3, -0.25) is 0 Å². The van der Waals surface area contributed by atoms with Gasteiger partial charge in [0.1, 0.15) is 5.82 Å². The Hall–Kier alpha value is -1.10. The van der Waals surface area contributed by atoms with Crippen molar-refractivity contribution in [3.8, 4) is 0 Å². The molecule has 0 aliphatic carbocycles. The van der Waals surface area contributed by atoms with Gasteiger partial charge in [-0.15, -0.1) is 0 Å². The number of nitrogens with two attached hydrogens (primary N) is 1. The van der Waals surface area contributed by atoms with Crippen LogP contribution in [0.3, 0.4) is 0 Å². The Morgan fingerprint density at radius 2 is 2.00 bits per heavy atom. The van der Waals surface area contributed by atoms with Crippen LogP contribution in [0.1, 0.15) is 11.6 Å². The maximum Gasteiger partial charge on any atom is 0.128 e. The molecule has 0 saturated heterocycles. The second kappa shape index (κ2) is 6.37. The average Bonchev–Trinajstić information content (AvgIpc) is 2.41. The summed E-state index contributed by atoms with van der Waals surface area (Å²) in [5.41, 5.74) is 7.06. The van der Waals surface area contributed by atoms with E-state index < -0.39 is 0 Å². The third kappa shape index (κ3) is 3.47. The largest absolute Gasteiger partial charge is 0.376 e. The van der Waals surface area contributed by atoms with Crippen LogP contribution < -0.4 is 11.1 Å². The van der Waals surface area contributed by atoms with Crippen molar-refractivity contribution in [3.63, 3.8) is 0 Å². The highest BCUT2D eigenvalue weighted by Gasteiger charge is 2.15. The minimum absolute atomic E-state index is 0.262. The molecule has 2 aromatic rings. The van der Waals surface area contributed by atoms with Crippen LogP contribution in [0.4, 0.5) is 10.1 Å². The van der Waals surface area contributed by atoms with Crippen LogP contribution >= 0.6 is 27.5 Å². The van der Waals surface area contributed by atoms with Crippen LogP contribution in [0.5, 0.6) is 0 Å². The lowest BCUT2D eigenvalue weighted by Gasteiger charge is -2.20. The Morgan fingerprint density at radius 3 is 2.68 bits per heavy atom. The first-order valence-electron chi connectivity index (χ1n) is 5.78. The van der Waals surface area contributed by atoms with Crippen molar-refractivity contribution in [1.29, 1.82) is 0 Å². The first kappa shape index (κ1) is 14.3. The summed E-state index contributed by atoms with van der Waals surface area (Å²) in [6, 6.07) is 11.7. The second-order valence-electron chi connectivity index (χ2n) is 4.08. The van der Waals surface area contributed by atoms with Crippen molar-refractivity contribution >= 4 is 33.2 Å². The lowest BCUT2D eigenvalue weighted by Crippen LogP contribution is -2.21. The molecule has 0 bridgehead atoms. The molecule has 0 aliphatic heterocycles. The monoisotopic (exact) mass is 342 g/mol. The molecule has 0 spiro atoms. The van der Waals surface area contributed by atoms with E-state index in [-0.39, 0.29) is 18.4 Å². The zero-order valence-corrected chi connectivity index (χ0v) is 12.4. The molecular formula is C14H13BrClFN2. The molecule has 3 N–H and O–H groups in total. The fourth-order valence-electron chi connectivity index (χ4n) is 1.81. The molecule has 5 heteroatoms. The van der Waals surface area contributed by atoms with Crippen molar-refractivity contribution in [2.45, 2.75) is 6.04 Å². The van der Waals surface area contributed by atoms with Gasteiger partial charge in [0.25, 0.3) is 0 Å². The van der Waals surface area contributed by atoms with Gasteiger partial charge >= 0.3 is 0 Å². The van der Waals surface area contributed by atoms with E-state index in [0.29, 0.717) is 10.6 Å². The van der Waals surface area contributed by atoms with E-state index in [1.807, 2.05) is 24.3 Å². The lowest BCUT2D eigenvalue weighted by atomic mass is 10.1. The fourth-order valence-corrected chi connectivity index (χ4v) is 2.39. The number of nitrogens with one attached hydrogen (secondary N) is 1. The van der Waals surface area contributed by atoms with Gasteiger partial charge in [0, 0.05) is 27.3 Å². The van der Waals surface area contributed by atoms with Crippen LogP contribution in [0, 0.1) is 5.82 Å². The summed E-state index contributed by atoms with van der Waals surface area (Å²) in [7, 11) is 0. The standard InChI is InChI=1S/C14H13BrClFN2/c15-11-3-1-2-4-13(11)19-14(8-18)10-7-9(16)5-6-12(10)17/h1-7,14,19H,8,18H2. The molecule has 1 unspecified atom stereocenters. The molecule has 2 nitrogen and oxygen atoms in total. The molecule has 2 rings (SSSR count). The Kier molecular flexibility index (Phi) is 4.80. The molecule has 0 amide bonds. The van der Waals surface area contributed by atoms with Crippen LogP contribution in [-0.2, 0) is 0 Å². The van der Waals surface area contributed by atoms with Crippen molar-refractivity contribution in [2.24, 2.45) is 5.73 Å². The number of anilines is 1. The number of para-hydroxylation sites is 1. The van der Waals surface area contributed by atoms with Gasteiger partial charge in [-0.25, -0.2) is 4.39 Å². The minimum Gasteiger partial charge on any atom is -0.376 e. The number of rotatable bonds is 4. The summed E-state index contributed by atoms with van der Waals surface area (Å²) >= 11 is 9.34. The highest BCUT2D eigenvalue weighted by Crippen LogP contribution is 2.28. The highest BCUT2D eigenvalue weighted by molar-refractivity contribution is 9.10. The van der Waals surface area contributed by atoms with Crippen LogP contribution in [0.2, 0.25) is 5.02 Å². The number of benzene rings is 2. The van der Waals surface area contributed by atoms with Crippen molar-refractivity contribution in [2.75, 3.05) is 11.9 Å². The molecule has 0 saturated carbocycles. The molecule has 2 aromatic carbocycles. The molecule has 19 heavy (non-hydrogen) atoms. The molecule has 0 radical (unpaired) electrons. The van der Waals surface area contributed by atoms with Gasteiger partial charge in [0.15, 0.2) is 0 Å². The quantitative estimate of drug-likeness (QED) is 0.866. The van der Waals surface area contributed by atoms with Crippen LogP contribution in [0.25, 0.3) is 0 Å². The minimum atomic E-state index is -0.336. The molecule has 0 heterocycles. The maximum absolute atomic E-state index is 13.8. The van der Waals surface area contributed by atoms with E-state index in [0.717, 1.165) is 10.2 Å². The summed E-state index contributed by atoms with van der Waals surface area (Å²) in [6.45, 7) is 0.262.